The van der Waals surface area contributed by atoms with E-state index in [2.05, 4.69) is 20.9 Å². The summed E-state index contributed by atoms with van der Waals surface area (Å²) in [5, 5.41) is 8.74. The Bertz CT molecular complexity index is 613. The molecule has 104 valence electrons. The van der Waals surface area contributed by atoms with Gasteiger partial charge in [0.25, 0.3) is 0 Å². The van der Waals surface area contributed by atoms with Crippen molar-refractivity contribution in [1.29, 1.82) is 0 Å². The molecule has 2 aromatic rings. The smallest absolute Gasteiger partial charge is 0.354 e. The fraction of sp³-hybridized carbons (Fsp3) is 0.143. The molecule has 1 heterocycles. The lowest BCUT2D eigenvalue weighted by Crippen LogP contribution is -2.01. The second kappa shape index (κ2) is 6.38. The zero-order chi connectivity index (χ0) is 14.5. The fourth-order valence-corrected chi connectivity index (χ4v) is 2.15. The molecule has 0 fully saturated rings. The minimum Gasteiger partial charge on any atom is -0.496 e. The van der Waals surface area contributed by atoms with Gasteiger partial charge < -0.3 is 14.6 Å². The second-order valence-electron chi connectivity index (χ2n) is 3.94. The Labute approximate surface area is 124 Å². The number of aromatic nitrogens is 1. The molecule has 0 spiro atoms. The highest BCUT2D eigenvalue weighted by atomic mass is 79.9. The third-order valence-electron chi connectivity index (χ3n) is 2.58. The standard InChI is InChI=1S/C14H12BrNO4/c1-19-13-5-2-9(6-11(13)15)8-20-10-3-4-12(14(17)18)16-7-10/h2-7H,8H2,1H3,(H,17,18). The van der Waals surface area contributed by atoms with Crippen molar-refractivity contribution in [3.05, 3.63) is 52.3 Å². The van der Waals surface area contributed by atoms with Gasteiger partial charge in [0.15, 0.2) is 0 Å². The molecule has 0 radical (unpaired) electrons. The first-order valence-corrected chi connectivity index (χ1v) is 6.54. The van der Waals surface area contributed by atoms with Crippen LogP contribution in [0.15, 0.2) is 41.0 Å². The number of carbonyl (C=O) groups is 1. The number of ether oxygens (including phenoxy) is 2. The molecule has 6 heteroatoms. The number of hydrogen-bond acceptors (Lipinski definition) is 4. The minimum absolute atomic E-state index is 0.00968. The van der Waals surface area contributed by atoms with Crippen LogP contribution >= 0.6 is 15.9 Å². The Morgan fingerprint density at radius 3 is 2.70 bits per heavy atom. The summed E-state index contributed by atoms with van der Waals surface area (Å²) in [7, 11) is 1.60. The van der Waals surface area contributed by atoms with Crippen LogP contribution < -0.4 is 9.47 Å². The van der Waals surface area contributed by atoms with Crippen molar-refractivity contribution in [2.45, 2.75) is 6.61 Å². The number of nitrogens with zero attached hydrogens (tertiary/aromatic N) is 1. The predicted octanol–water partition coefficient (Wildman–Crippen LogP) is 3.13. The van der Waals surface area contributed by atoms with Gasteiger partial charge in [-0.3, -0.25) is 0 Å². The summed E-state index contributed by atoms with van der Waals surface area (Å²) in [6, 6.07) is 8.62. The summed E-state index contributed by atoms with van der Waals surface area (Å²) in [6.07, 6.45) is 1.39. The third kappa shape index (κ3) is 3.48. The van der Waals surface area contributed by atoms with Crippen LogP contribution in [0.25, 0.3) is 0 Å². The largest absolute Gasteiger partial charge is 0.496 e. The number of carboxylic acids is 1. The van der Waals surface area contributed by atoms with Crippen LogP contribution in [0, 0.1) is 0 Å². The maximum absolute atomic E-state index is 10.7. The van der Waals surface area contributed by atoms with Crippen LogP contribution in [0.2, 0.25) is 0 Å². The summed E-state index contributed by atoms with van der Waals surface area (Å²) in [6.45, 7) is 0.358. The minimum atomic E-state index is -1.06. The van der Waals surface area contributed by atoms with Crippen LogP contribution in [-0.4, -0.2) is 23.2 Å². The molecule has 1 aromatic carbocycles. The summed E-state index contributed by atoms with van der Waals surface area (Å²) < 4.78 is 11.5. The Morgan fingerprint density at radius 1 is 1.35 bits per heavy atom. The zero-order valence-corrected chi connectivity index (χ0v) is 12.3. The van der Waals surface area contributed by atoms with E-state index in [1.807, 2.05) is 18.2 Å². The van der Waals surface area contributed by atoms with Crippen molar-refractivity contribution in [1.82, 2.24) is 4.98 Å². The molecule has 1 aromatic heterocycles. The van der Waals surface area contributed by atoms with Gasteiger partial charge in [0.2, 0.25) is 0 Å². The molecule has 0 aliphatic rings. The maximum Gasteiger partial charge on any atom is 0.354 e. The van der Waals surface area contributed by atoms with Crippen molar-refractivity contribution in [2.75, 3.05) is 7.11 Å². The molecule has 0 bridgehead atoms. The van der Waals surface area contributed by atoms with E-state index in [0.717, 1.165) is 15.8 Å². The molecule has 0 unspecified atom stereocenters. The van der Waals surface area contributed by atoms with Crippen LogP contribution in [0.4, 0.5) is 0 Å². The summed E-state index contributed by atoms with van der Waals surface area (Å²) in [5.74, 6) is 0.207. The molecule has 0 amide bonds. The summed E-state index contributed by atoms with van der Waals surface area (Å²) >= 11 is 3.40. The zero-order valence-electron chi connectivity index (χ0n) is 10.7. The van der Waals surface area contributed by atoms with E-state index in [0.29, 0.717) is 12.4 Å². The van der Waals surface area contributed by atoms with E-state index in [9.17, 15) is 4.79 Å². The molecule has 0 atom stereocenters. The van der Waals surface area contributed by atoms with Gasteiger partial charge in [-0.2, -0.15) is 0 Å². The van der Waals surface area contributed by atoms with E-state index < -0.39 is 5.97 Å². The number of carboxylic acid groups (broad SMARTS) is 1. The van der Waals surface area contributed by atoms with Crippen LogP contribution in [0.5, 0.6) is 11.5 Å². The van der Waals surface area contributed by atoms with Crippen LogP contribution in [-0.2, 0) is 6.61 Å². The van der Waals surface area contributed by atoms with E-state index in [1.165, 1.54) is 12.3 Å². The first-order chi connectivity index (χ1) is 9.60. The van der Waals surface area contributed by atoms with Crippen molar-refractivity contribution in [3.8, 4) is 11.5 Å². The van der Waals surface area contributed by atoms with Gasteiger partial charge in [-0.15, -0.1) is 0 Å². The average Bonchev–Trinajstić information content (AvgIpc) is 2.45. The Balaban J connectivity index is 2.01. The lowest BCUT2D eigenvalue weighted by atomic mass is 10.2. The highest BCUT2D eigenvalue weighted by Gasteiger charge is 2.05. The van der Waals surface area contributed by atoms with Gasteiger partial charge in [0.1, 0.15) is 23.8 Å². The highest BCUT2D eigenvalue weighted by molar-refractivity contribution is 9.10. The fourth-order valence-electron chi connectivity index (χ4n) is 1.56. The SMILES string of the molecule is COc1ccc(COc2ccc(C(=O)O)nc2)cc1Br. The normalized spacial score (nSPS) is 10.1. The van der Waals surface area contributed by atoms with E-state index in [-0.39, 0.29) is 5.69 Å². The Morgan fingerprint density at radius 2 is 2.15 bits per heavy atom. The quantitative estimate of drug-likeness (QED) is 0.907. The van der Waals surface area contributed by atoms with Gasteiger partial charge in [0.05, 0.1) is 17.8 Å². The molecule has 5 nitrogen and oxygen atoms in total. The van der Waals surface area contributed by atoms with Gasteiger partial charge >= 0.3 is 5.97 Å². The van der Waals surface area contributed by atoms with Crippen molar-refractivity contribution in [2.24, 2.45) is 0 Å². The predicted molar refractivity (Wildman–Crippen MR) is 76.2 cm³/mol. The van der Waals surface area contributed by atoms with Crippen molar-refractivity contribution < 1.29 is 19.4 Å². The van der Waals surface area contributed by atoms with Gasteiger partial charge in [-0.05, 0) is 45.8 Å². The van der Waals surface area contributed by atoms with Crippen molar-refractivity contribution in [3.63, 3.8) is 0 Å². The summed E-state index contributed by atoms with van der Waals surface area (Å²) in [4.78, 5) is 14.5. The molecular formula is C14H12BrNO4. The first kappa shape index (κ1) is 14.3. The summed E-state index contributed by atoms with van der Waals surface area (Å²) in [5.41, 5.74) is 0.949. The lowest BCUT2D eigenvalue weighted by Gasteiger charge is -2.08. The number of halogens is 1. The number of methoxy groups -OCH3 is 1. The van der Waals surface area contributed by atoms with Crippen LogP contribution in [0.1, 0.15) is 16.1 Å². The monoisotopic (exact) mass is 337 g/mol. The molecular weight excluding hydrogens is 326 g/mol. The lowest BCUT2D eigenvalue weighted by molar-refractivity contribution is 0.0690. The third-order valence-corrected chi connectivity index (χ3v) is 3.20. The number of hydrogen-bond donors (Lipinski definition) is 1. The second-order valence-corrected chi connectivity index (χ2v) is 4.80. The molecule has 0 saturated heterocycles. The maximum atomic E-state index is 10.7. The highest BCUT2D eigenvalue weighted by Crippen LogP contribution is 2.26. The molecule has 0 aliphatic carbocycles. The number of benzene rings is 1. The van der Waals surface area contributed by atoms with Crippen molar-refractivity contribution >= 4 is 21.9 Å². The number of rotatable bonds is 5. The molecule has 2 rings (SSSR count). The topological polar surface area (TPSA) is 68.7 Å². The first-order valence-electron chi connectivity index (χ1n) is 5.74. The Kier molecular flexibility index (Phi) is 4.57. The molecule has 0 saturated carbocycles. The van der Waals surface area contributed by atoms with Gasteiger partial charge in [0, 0.05) is 0 Å². The molecule has 20 heavy (non-hydrogen) atoms. The van der Waals surface area contributed by atoms with Crippen LogP contribution in [0.3, 0.4) is 0 Å². The van der Waals surface area contributed by atoms with Gasteiger partial charge in [-0.1, -0.05) is 6.07 Å². The molecule has 0 aliphatic heterocycles. The molecule has 1 N–H and O–H groups in total. The van der Waals surface area contributed by atoms with E-state index in [1.54, 1.807) is 13.2 Å². The Hall–Kier alpha value is -2.08. The van der Waals surface area contributed by atoms with E-state index >= 15 is 0 Å². The number of aromatic carboxylic acids is 1. The average molecular weight is 338 g/mol. The van der Waals surface area contributed by atoms with Gasteiger partial charge in [-0.25, -0.2) is 9.78 Å². The number of pyridine rings is 1. The van der Waals surface area contributed by atoms with E-state index in [4.69, 9.17) is 14.6 Å².